The van der Waals surface area contributed by atoms with E-state index in [2.05, 4.69) is 31.3 Å². The van der Waals surface area contributed by atoms with E-state index in [9.17, 15) is 38.4 Å². The lowest BCUT2D eigenvalue weighted by molar-refractivity contribution is -0.125. The summed E-state index contributed by atoms with van der Waals surface area (Å²) in [5.41, 5.74) is 1.21. The highest BCUT2D eigenvalue weighted by molar-refractivity contribution is 8.13. The topological polar surface area (TPSA) is 246 Å². The van der Waals surface area contributed by atoms with Gasteiger partial charge in [-0.25, -0.2) is 9.59 Å². The SMILES string of the molecule is CC(=O)SCc1cc(OCCNC(=O)[C@@H](C)CCCCCC(=O)[C@@H](C)CCCCN=C(C)NC(=O)OC(C)(C)C)c(OCCNC(=O)[C@@H](C)CCCCNC(=O)[C@@H](C)CCCCCC(C)=NC(=O)OC(C)(C)C)cc1CSC(C)=O. The van der Waals surface area contributed by atoms with Gasteiger partial charge in [0.25, 0.3) is 0 Å². The number of Topliss-reactive ketones (excluding diaryl/α,β-unsaturated/α-hetero) is 1. The quantitative estimate of drug-likeness (QED) is 0.0273. The Bertz CT molecular complexity index is 2170. The lowest BCUT2D eigenvalue weighted by Crippen LogP contribution is -2.35. The predicted molar refractivity (Wildman–Crippen MR) is 323 cm³/mol. The van der Waals surface area contributed by atoms with Crippen molar-refractivity contribution in [1.29, 1.82) is 0 Å². The molecule has 0 unspecified atom stereocenters. The van der Waals surface area contributed by atoms with Gasteiger partial charge in [0.15, 0.2) is 21.7 Å². The normalized spacial score (nSPS) is 13.5. The molecule has 0 aromatic heterocycles. The highest BCUT2D eigenvalue weighted by Crippen LogP contribution is 2.35. The molecule has 0 spiro atoms. The maximum atomic E-state index is 13.0. The van der Waals surface area contributed by atoms with Crippen LogP contribution in [0.15, 0.2) is 22.1 Å². The molecule has 4 atom stereocenters. The number of alkyl carbamates (subject to hydrolysis) is 1. The first kappa shape index (κ1) is 73.0. The molecule has 4 N–H and O–H groups in total. The van der Waals surface area contributed by atoms with E-state index in [4.69, 9.17) is 18.9 Å². The van der Waals surface area contributed by atoms with Gasteiger partial charge in [-0.15, -0.1) is 0 Å². The van der Waals surface area contributed by atoms with Crippen LogP contribution in [0.1, 0.15) is 211 Å². The molecule has 0 saturated heterocycles. The minimum absolute atomic E-state index is 0.0193. The Labute approximate surface area is 487 Å². The van der Waals surface area contributed by atoms with Gasteiger partial charge < -0.3 is 34.9 Å². The third-order valence-corrected chi connectivity index (χ3v) is 14.4. The zero-order valence-electron chi connectivity index (χ0n) is 51.0. The van der Waals surface area contributed by atoms with Crippen molar-refractivity contribution in [3.63, 3.8) is 0 Å². The van der Waals surface area contributed by atoms with Crippen LogP contribution in [0, 0.1) is 23.7 Å². The minimum atomic E-state index is -0.583. The van der Waals surface area contributed by atoms with Crippen LogP contribution in [0.3, 0.4) is 0 Å². The number of hydrogen-bond acceptors (Lipinski definition) is 15. The Morgan fingerprint density at radius 3 is 1.41 bits per heavy atom. The summed E-state index contributed by atoms with van der Waals surface area (Å²) in [4.78, 5) is 108. The first-order chi connectivity index (χ1) is 37.6. The summed E-state index contributed by atoms with van der Waals surface area (Å²) >= 11 is 2.30. The fourth-order valence-corrected chi connectivity index (χ4v) is 9.26. The van der Waals surface area contributed by atoms with Gasteiger partial charge in [0.1, 0.15) is 36.0 Å². The second kappa shape index (κ2) is 40.3. The number of amides is 5. The number of carbonyl (C=O) groups is 8. The second-order valence-electron chi connectivity index (χ2n) is 22.9. The third kappa shape index (κ3) is 37.1. The number of benzene rings is 1. The number of ether oxygens (including phenoxy) is 4. The Morgan fingerprint density at radius 2 is 0.950 bits per heavy atom. The average molecular weight is 1160 g/mol. The van der Waals surface area contributed by atoms with Gasteiger partial charge in [-0.1, -0.05) is 89.7 Å². The van der Waals surface area contributed by atoms with Crippen LogP contribution in [0.4, 0.5) is 9.59 Å². The zero-order valence-corrected chi connectivity index (χ0v) is 52.7. The Kier molecular flexibility index (Phi) is 36.7. The van der Waals surface area contributed by atoms with Crippen molar-refractivity contribution >= 4 is 81.0 Å². The molecule has 0 aliphatic rings. The van der Waals surface area contributed by atoms with Gasteiger partial charge in [0, 0.05) is 74.2 Å². The smallest absolute Gasteiger partial charge is 0.434 e. The lowest BCUT2D eigenvalue weighted by atomic mass is 9.94. The molecule has 1 aromatic carbocycles. The van der Waals surface area contributed by atoms with Crippen LogP contribution in [0.5, 0.6) is 11.5 Å². The number of thioether (sulfide) groups is 2. The molecule has 1 rings (SSSR count). The fraction of sp³-hybridized carbons (Fsp3) is 0.733. The van der Waals surface area contributed by atoms with Gasteiger partial charge in [-0.2, -0.15) is 4.99 Å². The number of aliphatic imine (C=N–C) groups is 2. The molecule has 18 nitrogen and oxygen atoms in total. The van der Waals surface area contributed by atoms with Crippen LogP contribution < -0.4 is 30.7 Å². The first-order valence-corrected chi connectivity index (χ1v) is 30.9. The van der Waals surface area contributed by atoms with Crippen LogP contribution >= 0.6 is 23.5 Å². The van der Waals surface area contributed by atoms with Crippen LogP contribution in [-0.2, 0) is 49.7 Å². The van der Waals surface area contributed by atoms with Gasteiger partial charge >= 0.3 is 12.2 Å². The monoisotopic (exact) mass is 1160 g/mol. The third-order valence-electron chi connectivity index (χ3n) is 12.7. The highest BCUT2D eigenvalue weighted by atomic mass is 32.2. The van der Waals surface area contributed by atoms with Gasteiger partial charge in [-0.3, -0.25) is 39.1 Å². The Hall–Kier alpha value is -4.98. The van der Waals surface area contributed by atoms with Crippen LogP contribution in [0.25, 0.3) is 0 Å². The summed E-state index contributed by atoms with van der Waals surface area (Å²) in [7, 11) is 0. The van der Waals surface area contributed by atoms with Gasteiger partial charge in [0.2, 0.25) is 17.7 Å². The van der Waals surface area contributed by atoms with E-state index in [1.54, 1.807) is 48.5 Å². The molecule has 454 valence electrons. The Morgan fingerprint density at radius 1 is 0.525 bits per heavy atom. The number of carbonyl (C=O) groups excluding carboxylic acids is 8. The molecule has 5 amide bonds. The van der Waals surface area contributed by atoms with E-state index in [1.165, 1.54) is 13.8 Å². The van der Waals surface area contributed by atoms with Crippen molar-refractivity contribution in [2.45, 2.75) is 222 Å². The number of nitrogens with zero attached hydrogens (tertiary/aromatic N) is 2. The van der Waals surface area contributed by atoms with E-state index in [-0.39, 0.29) is 83.7 Å². The molecule has 0 aliphatic carbocycles. The highest BCUT2D eigenvalue weighted by Gasteiger charge is 2.21. The average Bonchev–Trinajstić information content (AvgIpc) is 3.35. The molecular weight excluding hydrogens is 1060 g/mol. The summed E-state index contributed by atoms with van der Waals surface area (Å²) in [6.07, 6.45) is 11.3. The van der Waals surface area contributed by atoms with Crippen molar-refractivity contribution in [3.8, 4) is 11.5 Å². The lowest BCUT2D eigenvalue weighted by Gasteiger charge is -2.19. The number of amidine groups is 1. The van der Waals surface area contributed by atoms with Crippen molar-refractivity contribution in [3.05, 3.63) is 23.3 Å². The van der Waals surface area contributed by atoms with Gasteiger partial charge in [-0.05, 0) is 136 Å². The van der Waals surface area contributed by atoms with Crippen molar-refractivity contribution in [2.24, 2.45) is 33.7 Å². The summed E-state index contributed by atoms with van der Waals surface area (Å²) in [6.45, 7) is 26.9. The molecular formula is C60H100N6O12S2. The van der Waals surface area contributed by atoms with Gasteiger partial charge in [0.05, 0.1) is 13.1 Å². The molecule has 0 saturated carbocycles. The van der Waals surface area contributed by atoms with E-state index in [1.807, 2.05) is 46.8 Å². The van der Waals surface area contributed by atoms with E-state index in [0.29, 0.717) is 67.6 Å². The Balaban J connectivity index is 2.57. The van der Waals surface area contributed by atoms with Crippen molar-refractivity contribution < 1.29 is 57.3 Å². The van der Waals surface area contributed by atoms with Crippen molar-refractivity contribution in [1.82, 2.24) is 21.3 Å². The maximum Gasteiger partial charge on any atom is 0.434 e. The number of unbranched alkanes of at least 4 members (excludes halogenated alkanes) is 6. The van der Waals surface area contributed by atoms with E-state index >= 15 is 0 Å². The second-order valence-corrected chi connectivity index (χ2v) is 25.2. The number of nitrogens with one attached hydrogen (secondary N) is 4. The van der Waals surface area contributed by atoms with Crippen LogP contribution in [-0.4, -0.2) is 108 Å². The fourth-order valence-electron chi connectivity index (χ4n) is 8.01. The molecule has 0 aliphatic heterocycles. The number of ketones is 1. The molecule has 80 heavy (non-hydrogen) atoms. The van der Waals surface area contributed by atoms with E-state index in [0.717, 1.165) is 117 Å². The maximum absolute atomic E-state index is 13.0. The molecule has 0 fully saturated rings. The molecule has 0 heterocycles. The molecule has 0 bridgehead atoms. The zero-order chi connectivity index (χ0) is 60.3. The van der Waals surface area contributed by atoms with E-state index < -0.39 is 23.4 Å². The number of hydrogen-bond donors (Lipinski definition) is 4. The summed E-state index contributed by atoms with van der Waals surface area (Å²) in [6, 6.07) is 3.62. The van der Waals surface area contributed by atoms with Crippen LogP contribution in [0.2, 0.25) is 0 Å². The molecule has 0 radical (unpaired) electrons. The predicted octanol–water partition coefficient (Wildman–Crippen LogP) is 12.0. The standard InChI is InChI=1S/C60H100N6O12S2/c1-41(25-21-23-31-61-46(6)66-58(74)78-60(12,13)14)51(69)30-20-16-18-27-43(3)55(71)63-33-35-75-52-37-49(39-79-47(7)67)50(40-80-48(8)68)38-53(52)76-36-34-64-56(72)44(4)28-22-24-32-62-54(70)42(2)26-17-15-19-29-45(5)65-57(73)77-59(9,10)11/h37-38,41-44H,15-36,39-40H2,1-14H3,(H,62,70)(H,63,71)(H,64,72)(H,61,66,74)/t41-,42-,43-,44-/m0/s1. The first-order valence-electron chi connectivity index (χ1n) is 28.9. The molecule has 20 heteroatoms. The molecule has 1 aromatic rings. The summed E-state index contributed by atoms with van der Waals surface area (Å²) in [5, 5.41) is 11.5. The largest absolute Gasteiger partial charge is 0.488 e. The minimum Gasteiger partial charge on any atom is -0.488 e. The summed E-state index contributed by atoms with van der Waals surface area (Å²) in [5.74, 6) is 1.49. The summed E-state index contributed by atoms with van der Waals surface area (Å²) < 4.78 is 22.9. The number of rotatable bonds is 38. The van der Waals surface area contributed by atoms with Crippen molar-refractivity contribution in [2.75, 3.05) is 39.4 Å².